The van der Waals surface area contributed by atoms with Gasteiger partial charge in [0.15, 0.2) is 5.65 Å². The molecule has 142 valence electrons. The Morgan fingerprint density at radius 2 is 1.93 bits per heavy atom. The Morgan fingerprint density at radius 3 is 2.68 bits per heavy atom. The van der Waals surface area contributed by atoms with Gasteiger partial charge in [0.2, 0.25) is 5.88 Å². The third-order valence-corrected chi connectivity index (χ3v) is 4.59. The van der Waals surface area contributed by atoms with Crippen LogP contribution < -0.4 is 10.1 Å². The molecule has 1 N–H and O–H groups in total. The molecule has 0 amide bonds. The average Bonchev–Trinajstić information content (AvgIpc) is 3.15. The molecule has 1 aromatic carbocycles. The van der Waals surface area contributed by atoms with Crippen LogP contribution in [0.1, 0.15) is 23.6 Å². The van der Waals surface area contributed by atoms with Crippen LogP contribution in [0.2, 0.25) is 5.15 Å². The highest BCUT2D eigenvalue weighted by Crippen LogP contribution is 2.20. The maximum absolute atomic E-state index is 6.18. The number of pyridine rings is 1. The molecule has 3 aromatic heterocycles. The van der Waals surface area contributed by atoms with Gasteiger partial charge in [-0.3, -0.25) is 0 Å². The van der Waals surface area contributed by atoms with E-state index >= 15 is 0 Å². The van der Waals surface area contributed by atoms with Gasteiger partial charge in [0.25, 0.3) is 0 Å². The molecule has 7 heteroatoms. The lowest BCUT2D eigenvalue weighted by atomic mass is 10.2. The van der Waals surface area contributed by atoms with E-state index < -0.39 is 0 Å². The van der Waals surface area contributed by atoms with Gasteiger partial charge in [-0.05, 0) is 17.5 Å². The number of ether oxygens (including phenoxy) is 1. The van der Waals surface area contributed by atoms with Gasteiger partial charge >= 0.3 is 0 Å². The van der Waals surface area contributed by atoms with Gasteiger partial charge in [0.05, 0.1) is 6.20 Å². The van der Waals surface area contributed by atoms with E-state index in [0.29, 0.717) is 24.2 Å². The Bertz CT molecular complexity index is 1060. The summed E-state index contributed by atoms with van der Waals surface area (Å²) in [5, 5.41) is 8.20. The van der Waals surface area contributed by atoms with Crippen molar-refractivity contribution in [1.29, 1.82) is 0 Å². The Balaban J connectivity index is 1.41. The van der Waals surface area contributed by atoms with Gasteiger partial charge in [-0.1, -0.05) is 54.9 Å². The van der Waals surface area contributed by atoms with Crippen LogP contribution in [-0.2, 0) is 19.6 Å². The number of halogens is 1. The van der Waals surface area contributed by atoms with Crippen molar-refractivity contribution in [3.63, 3.8) is 0 Å². The van der Waals surface area contributed by atoms with Crippen LogP contribution in [0.3, 0.4) is 0 Å². The molecule has 0 spiro atoms. The molecule has 0 atom stereocenters. The minimum atomic E-state index is 0.438. The molecule has 0 radical (unpaired) electrons. The summed E-state index contributed by atoms with van der Waals surface area (Å²) >= 11 is 6.18. The van der Waals surface area contributed by atoms with E-state index in [1.807, 2.05) is 48.7 Å². The lowest BCUT2D eigenvalue weighted by molar-refractivity contribution is 0.294. The molecule has 0 unspecified atom stereocenters. The molecule has 4 rings (SSSR count). The van der Waals surface area contributed by atoms with E-state index in [0.717, 1.165) is 34.6 Å². The Labute approximate surface area is 168 Å². The first-order valence-electron chi connectivity index (χ1n) is 9.11. The highest BCUT2D eigenvalue weighted by Gasteiger charge is 2.10. The standard InChI is InChI=1S/C21H20ClN5O/c1-2-17-13-25-27-19(10-18(22)26-21(17)27)23-11-16-8-9-20(24-12-16)28-14-15-6-4-3-5-7-15/h3-10,12-13,23H,2,11,14H2,1H3. The van der Waals surface area contributed by atoms with Crippen molar-refractivity contribution in [2.45, 2.75) is 26.5 Å². The molecule has 0 aliphatic carbocycles. The minimum Gasteiger partial charge on any atom is -0.473 e. The molecule has 0 aliphatic heterocycles. The maximum Gasteiger partial charge on any atom is 0.213 e. The molecule has 0 saturated carbocycles. The van der Waals surface area contributed by atoms with Gasteiger partial charge in [-0.2, -0.15) is 9.61 Å². The molecular weight excluding hydrogens is 374 g/mol. The smallest absolute Gasteiger partial charge is 0.213 e. The topological polar surface area (TPSA) is 64.3 Å². The maximum atomic E-state index is 6.18. The number of hydrogen-bond acceptors (Lipinski definition) is 5. The van der Waals surface area contributed by atoms with Crippen LogP contribution in [0, 0.1) is 0 Å². The van der Waals surface area contributed by atoms with E-state index in [9.17, 15) is 0 Å². The SMILES string of the molecule is CCc1cnn2c(NCc3ccc(OCc4ccccc4)nc3)cc(Cl)nc12. The third kappa shape index (κ3) is 4.07. The lowest BCUT2D eigenvalue weighted by Gasteiger charge is -2.10. The molecule has 28 heavy (non-hydrogen) atoms. The zero-order valence-electron chi connectivity index (χ0n) is 15.5. The average molecular weight is 394 g/mol. The van der Waals surface area contributed by atoms with E-state index in [-0.39, 0.29) is 0 Å². The highest BCUT2D eigenvalue weighted by molar-refractivity contribution is 6.29. The monoisotopic (exact) mass is 393 g/mol. The van der Waals surface area contributed by atoms with Crippen molar-refractivity contribution >= 4 is 23.1 Å². The van der Waals surface area contributed by atoms with Crippen LogP contribution in [-0.4, -0.2) is 19.6 Å². The number of benzene rings is 1. The molecule has 6 nitrogen and oxygen atoms in total. The fourth-order valence-electron chi connectivity index (χ4n) is 2.88. The summed E-state index contributed by atoms with van der Waals surface area (Å²) in [5.41, 5.74) is 3.97. The Kier molecular flexibility index (Phi) is 5.39. The van der Waals surface area contributed by atoms with E-state index in [4.69, 9.17) is 16.3 Å². The van der Waals surface area contributed by atoms with Crippen molar-refractivity contribution in [2.24, 2.45) is 0 Å². The van der Waals surface area contributed by atoms with Gasteiger partial charge in [-0.25, -0.2) is 9.97 Å². The van der Waals surface area contributed by atoms with Crippen LogP contribution in [0.15, 0.2) is 60.9 Å². The number of hydrogen-bond donors (Lipinski definition) is 1. The second-order valence-corrected chi connectivity index (χ2v) is 6.74. The number of nitrogens with one attached hydrogen (secondary N) is 1. The summed E-state index contributed by atoms with van der Waals surface area (Å²) in [4.78, 5) is 8.76. The van der Waals surface area contributed by atoms with Crippen LogP contribution in [0.4, 0.5) is 5.82 Å². The third-order valence-electron chi connectivity index (χ3n) is 4.40. The number of aromatic nitrogens is 4. The van der Waals surface area contributed by atoms with E-state index in [1.54, 1.807) is 16.8 Å². The van der Waals surface area contributed by atoms with Crippen LogP contribution in [0.25, 0.3) is 5.65 Å². The van der Waals surface area contributed by atoms with Gasteiger partial charge in [0, 0.05) is 30.4 Å². The zero-order valence-corrected chi connectivity index (χ0v) is 16.2. The number of nitrogens with zero attached hydrogens (tertiary/aromatic N) is 4. The van der Waals surface area contributed by atoms with Crippen molar-refractivity contribution in [3.8, 4) is 5.88 Å². The first kappa shape index (κ1) is 18.3. The van der Waals surface area contributed by atoms with Crippen molar-refractivity contribution in [2.75, 3.05) is 5.32 Å². The number of fused-ring (bicyclic) bond motifs is 1. The predicted octanol–water partition coefficient (Wildman–Crippen LogP) is 4.53. The summed E-state index contributed by atoms with van der Waals surface area (Å²) in [6.07, 6.45) is 4.47. The molecule has 0 bridgehead atoms. The van der Waals surface area contributed by atoms with Gasteiger partial charge in [-0.15, -0.1) is 0 Å². The summed E-state index contributed by atoms with van der Waals surface area (Å²) in [6, 6.07) is 15.7. The largest absolute Gasteiger partial charge is 0.473 e. The quantitative estimate of drug-likeness (QED) is 0.467. The molecule has 0 aliphatic rings. The highest BCUT2D eigenvalue weighted by atomic mass is 35.5. The summed E-state index contributed by atoms with van der Waals surface area (Å²) in [7, 11) is 0. The van der Waals surface area contributed by atoms with E-state index in [2.05, 4.69) is 27.3 Å². The summed E-state index contributed by atoms with van der Waals surface area (Å²) in [5.74, 6) is 1.39. The lowest BCUT2D eigenvalue weighted by Crippen LogP contribution is -2.07. The first-order valence-corrected chi connectivity index (χ1v) is 9.49. The second-order valence-electron chi connectivity index (χ2n) is 6.36. The van der Waals surface area contributed by atoms with Crippen molar-refractivity contribution in [3.05, 3.63) is 82.8 Å². The zero-order chi connectivity index (χ0) is 19.3. The summed E-state index contributed by atoms with van der Waals surface area (Å²) < 4.78 is 7.50. The first-order chi connectivity index (χ1) is 13.7. The summed E-state index contributed by atoms with van der Waals surface area (Å²) in [6.45, 7) is 3.15. The molecular formula is C21H20ClN5O. The Hall–Kier alpha value is -3.12. The Morgan fingerprint density at radius 1 is 1.07 bits per heavy atom. The predicted molar refractivity (Wildman–Crippen MR) is 110 cm³/mol. The van der Waals surface area contributed by atoms with Crippen molar-refractivity contribution < 1.29 is 4.74 Å². The minimum absolute atomic E-state index is 0.438. The number of aryl methyl sites for hydroxylation is 1. The number of rotatable bonds is 7. The second kappa shape index (κ2) is 8.27. The van der Waals surface area contributed by atoms with Crippen LogP contribution in [0.5, 0.6) is 5.88 Å². The molecule has 3 heterocycles. The molecule has 0 fully saturated rings. The molecule has 4 aromatic rings. The van der Waals surface area contributed by atoms with E-state index in [1.165, 1.54) is 0 Å². The van der Waals surface area contributed by atoms with Gasteiger partial charge in [0.1, 0.15) is 17.6 Å². The van der Waals surface area contributed by atoms with Gasteiger partial charge < -0.3 is 10.1 Å². The fraction of sp³-hybridized carbons (Fsp3) is 0.190. The van der Waals surface area contributed by atoms with Crippen molar-refractivity contribution in [1.82, 2.24) is 19.6 Å². The number of anilines is 1. The molecule has 0 saturated heterocycles. The normalized spacial score (nSPS) is 10.9. The van der Waals surface area contributed by atoms with Crippen LogP contribution >= 0.6 is 11.6 Å². The fourth-order valence-corrected chi connectivity index (χ4v) is 3.06.